The largest absolute Gasteiger partial charge is 0.397 e. The van der Waals surface area contributed by atoms with Gasteiger partial charge in [0, 0.05) is 0 Å². The number of hydrogen-bond donors (Lipinski definition) is 2. The smallest absolute Gasteiger partial charge is 0.260 e. The van der Waals surface area contributed by atoms with E-state index in [1.807, 2.05) is 50.3 Å². The normalized spacial score (nSPS) is 14.9. The highest BCUT2D eigenvalue weighted by Crippen LogP contribution is 2.34. The number of allylic oxidation sites excluding steroid dienone is 11. The average Bonchev–Trinajstić information content (AvgIpc) is 2.83. The molecule has 4 N–H and O–H groups in total. The number of rotatable bonds is 5. The first-order valence-corrected chi connectivity index (χ1v) is 9.64. The van der Waals surface area contributed by atoms with Crippen LogP contribution in [-0.2, 0) is 0 Å². The summed E-state index contributed by atoms with van der Waals surface area (Å²) in [6.45, 7) is 7.73. The minimum atomic E-state index is -0.549. The van der Waals surface area contributed by atoms with Gasteiger partial charge in [0.15, 0.2) is 5.82 Å². The van der Waals surface area contributed by atoms with E-state index >= 15 is 0 Å². The maximum atomic E-state index is 11.6. The Morgan fingerprint density at radius 3 is 2.75 bits per heavy atom. The molecule has 1 amide bonds. The number of aromatic nitrogens is 2. The van der Waals surface area contributed by atoms with Crippen molar-refractivity contribution in [2.24, 2.45) is 5.73 Å². The third kappa shape index (κ3) is 3.87. The summed E-state index contributed by atoms with van der Waals surface area (Å²) < 4.78 is 0. The van der Waals surface area contributed by atoms with E-state index in [1.54, 1.807) is 0 Å². The van der Waals surface area contributed by atoms with Gasteiger partial charge >= 0.3 is 0 Å². The van der Waals surface area contributed by atoms with Gasteiger partial charge in [0.2, 0.25) is 0 Å². The number of primary amides is 1. The van der Waals surface area contributed by atoms with Crippen molar-refractivity contribution in [3.63, 3.8) is 0 Å². The van der Waals surface area contributed by atoms with E-state index in [9.17, 15) is 4.79 Å². The van der Waals surface area contributed by atoms with Gasteiger partial charge in [0.1, 0.15) is 9.71 Å². The lowest BCUT2D eigenvalue weighted by Crippen LogP contribution is -2.10. The van der Waals surface area contributed by atoms with Gasteiger partial charge < -0.3 is 11.5 Å². The van der Waals surface area contributed by atoms with Crippen molar-refractivity contribution in [3.05, 3.63) is 82.7 Å². The Morgan fingerprint density at radius 2 is 2.04 bits per heavy atom. The fraction of sp³-hybridized carbons (Fsp3) is 0.136. The molecule has 0 unspecified atom stereocenters. The van der Waals surface area contributed by atoms with Crippen LogP contribution in [-0.4, -0.2) is 15.9 Å². The molecule has 5 nitrogen and oxygen atoms in total. The molecule has 0 aromatic carbocycles. The molecule has 0 fully saturated rings. The summed E-state index contributed by atoms with van der Waals surface area (Å²) in [5, 5.41) is 0.694. The van der Waals surface area contributed by atoms with Gasteiger partial charge in [-0.05, 0) is 37.0 Å². The Balaban J connectivity index is 2.00. The maximum Gasteiger partial charge on any atom is 0.260 e. The molecule has 0 bridgehead atoms. The summed E-state index contributed by atoms with van der Waals surface area (Å²) in [4.78, 5) is 21.7. The van der Waals surface area contributed by atoms with Crippen LogP contribution in [0.2, 0.25) is 0 Å². The number of anilines is 1. The van der Waals surface area contributed by atoms with Gasteiger partial charge in [-0.1, -0.05) is 55.2 Å². The van der Waals surface area contributed by atoms with Crippen molar-refractivity contribution >= 4 is 38.7 Å². The van der Waals surface area contributed by atoms with E-state index in [-0.39, 0.29) is 0 Å². The molecule has 3 rings (SSSR count). The molecule has 2 heterocycles. The first kappa shape index (κ1) is 19.5. The average molecular weight is 391 g/mol. The Labute approximate surface area is 168 Å². The van der Waals surface area contributed by atoms with Crippen molar-refractivity contribution in [2.45, 2.75) is 20.3 Å². The zero-order valence-electron chi connectivity index (χ0n) is 15.9. The Bertz CT molecular complexity index is 1110. The highest BCUT2D eigenvalue weighted by Gasteiger charge is 2.18. The highest BCUT2D eigenvalue weighted by atomic mass is 32.1. The molecular weight excluding hydrogens is 368 g/mol. The summed E-state index contributed by atoms with van der Waals surface area (Å²) in [5.74, 6) is 0.0450. The van der Waals surface area contributed by atoms with E-state index in [4.69, 9.17) is 11.5 Å². The van der Waals surface area contributed by atoms with Crippen LogP contribution in [0.4, 0.5) is 5.69 Å². The third-order valence-corrected chi connectivity index (χ3v) is 5.56. The zero-order chi connectivity index (χ0) is 20.3. The molecule has 6 heteroatoms. The van der Waals surface area contributed by atoms with Crippen molar-refractivity contribution in [2.75, 3.05) is 5.73 Å². The molecule has 0 aliphatic heterocycles. The summed E-state index contributed by atoms with van der Waals surface area (Å²) in [6.07, 6.45) is 16.9. The molecular formula is C22H22N4OS. The summed E-state index contributed by atoms with van der Waals surface area (Å²) in [7, 11) is 0. The van der Waals surface area contributed by atoms with Crippen molar-refractivity contribution in [1.29, 1.82) is 0 Å². The van der Waals surface area contributed by atoms with Crippen LogP contribution >= 0.6 is 11.3 Å². The molecule has 142 valence electrons. The van der Waals surface area contributed by atoms with Crippen LogP contribution in [0.25, 0.3) is 15.8 Å². The number of fused-ring (bicyclic) bond motifs is 1. The molecule has 0 atom stereocenters. The molecule has 0 spiro atoms. The second-order valence-electron chi connectivity index (χ2n) is 6.41. The highest BCUT2D eigenvalue weighted by molar-refractivity contribution is 7.21. The lowest BCUT2D eigenvalue weighted by Gasteiger charge is -2.05. The van der Waals surface area contributed by atoms with Crippen LogP contribution in [0, 0.1) is 6.92 Å². The number of nitrogen functional groups attached to an aromatic ring is 1. The third-order valence-electron chi connectivity index (χ3n) is 4.44. The topological polar surface area (TPSA) is 94.9 Å². The van der Waals surface area contributed by atoms with Crippen molar-refractivity contribution in [3.8, 4) is 0 Å². The number of carbonyl (C=O) groups excluding carboxylic acids is 1. The monoisotopic (exact) mass is 390 g/mol. The van der Waals surface area contributed by atoms with Gasteiger partial charge in [0.05, 0.1) is 16.8 Å². The predicted octanol–water partition coefficient (Wildman–Crippen LogP) is 4.64. The SMILES string of the molecule is C=C/C(=C\C=C(/C)c1nc(C)c2c(N)c(C(N)=O)sc2n1)C1=CC=CC=CC1. The molecule has 2 aromatic rings. The number of carbonyl (C=O) groups is 1. The Hall–Kier alpha value is -3.25. The van der Waals surface area contributed by atoms with Crippen molar-refractivity contribution in [1.82, 2.24) is 9.97 Å². The molecule has 0 saturated carbocycles. The quantitative estimate of drug-likeness (QED) is 0.727. The number of amides is 1. The number of hydrogen-bond acceptors (Lipinski definition) is 5. The fourth-order valence-corrected chi connectivity index (χ4v) is 3.94. The standard InChI is InChI=1S/C22H22N4OS/c1-4-15(16-9-7-5-6-8-10-16)12-11-13(2)21-25-14(3)17-18(23)19(20(24)27)28-22(17)26-21/h4-9,11-12H,1,10,23H2,2-3H3,(H2,24,27)/b13-11+,15-12+. The fourth-order valence-electron chi connectivity index (χ4n) is 2.94. The molecule has 2 aromatic heterocycles. The Morgan fingerprint density at radius 1 is 1.25 bits per heavy atom. The lowest BCUT2D eigenvalue weighted by atomic mass is 10.0. The summed E-state index contributed by atoms with van der Waals surface area (Å²) in [5.41, 5.74) is 15.7. The second kappa shape index (κ2) is 8.19. The van der Waals surface area contributed by atoms with Gasteiger partial charge in [-0.15, -0.1) is 11.3 Å². The molecule has 0 saturated heterocycles. The van der Waals surface area contributed by atoms with Gasteiger partial charge in [-0.25, -0.2) is 9.97 Å². The van der Waals surface area contributed by atoms with Crippen LogP contribution in [0.1, 0.15) is 34.5 Å². The number of nitrogens with zero attached hydrogens (tertiary/aromatic N) is 2. The predicted molar refractivity (Wildman–Crippen MR) is 118 cm³/mol. The summed E-state index contributed by atoms with van der Waals surface area (Å²) >= 11 is 1.20. The minimum absolute atomic E-state index is 0.321. The van der Waals surface area contributed by atoms with Crippen LogP contribution in [0.5, 0.6) is 0 Å². The number of thiophene rings is 1. The zero-order valence-corrected chi connectivity index (χ0v) is 16.7. The Kier molecular flexibility index (Phi) is 5.70. The second-order valence-corrected chi connectivity index (χ2v) is 7.41. The van der Waals surface area contributed by atoms with Gasteiger partial charge in [-0.2, -0.15) is 0 Å². The summed E-state index contributed by atoms with van der Waals surface area (Å²) in [6, 6.07) is 0. The van der Waals surface area contributed by atoms with E-state index in [0.717, 1.165) is 23.3 Å². The first-order chi connectivity index (χ1) is 13.4. The van der Waals surface area contributed by atoms with E-state index in [2.05, 4.69) is 28.7 Å². The molecule has 1 aliphatic rings. The van der Waals surface area contributed by atoms with Gasteiger partial charge in [-0.3, -0.25) is 4.79 Å². The van der Waals surface area contributed by atoms with Crippen LogP contribution in [0.15, 0.2) is 66.3 Å². The van der Waals surface area contributed by atoms with E-state index in [0.29, 0.717) is 26.6 Å². The van der Waals surface area contributed by atoms with Gasteiger partial charge in [0.25, 0.3) is 5.91 Å². The molecule has 0 radical (unpaired) electrons. The minimum Gasteiger partial charge on any atom is -0.397 e. The maximum absolute atomic E-state index is 11.6. The van der Waals surface area contributed by atoms with Crippen molar-refractivity contribution < 1.29 is 4.79 Å². The number of nitrogens with two attached hydrogens (primary N) is 2. The van der Waals surface area contributed by atoms with E-state index < -0.39 is 5.91 Å². The van der Waals surface area contributed by atoms with E-state index in [1.165, 1.54) is 16.9 Å². The van der Waals surface area contributed by atoms with Crippen LogP contribution in [0.3, 0.4) is 0 Å². The number of aryl methyl sites for hydroxylation is 1. The first-order valence-electron chi connectivity index (χ1n) is 8.83. The lowest BCUT2D eigenvalue weighted by molar-refractivity contribution is 0.100. The van der Waals surface area contributed by atoms with Crippen LogP contribution < -0.4 is 11.5 Å². The molecule has 1 aliphatic carbocycles. The molecule has 28 heavy (non-hydrogen) atoms.